The monoisotopic (exact) mass is 886 g/mol. The summed E-state index contributed by atoms with van der Waals surface area (Å²) in [5.41, 5.74) is -2.93. The van der Waals surface area contributed by atoms with Crippen LogP contribution in [0.15, 0.2) is 14.4 Å². The molecule has 0 aliphatic heterocycles. The summed E-state index contributed by atoms with van der Waals surface area (Å²) in [5, 5.41) is 2.67. The van der Waals surface area contributed by atoms with Crippen molar-refractivity contribution >= 4 is 103 Å². The molecule has 0 bridgehead atoms. The van der Waals surface area contributed by atoms with E-state index < -0.39 is 35.4 Å². The fraction of sp³-hybridized carbons (Fsp3) is 0.735. The second kappa shape index (κ2) is 29.1. The van der Waals surface area contributed by atoms with Gasteiger partial charge in [0.05, 0.1) is 32.8 Å². The molecule has 3 atom stereocenters. The van der Waals surface area contributed by atoms with E-state index in [4.69, 9.17) is 60.3 Å². The van der Waals surface area contributed by atoms with E-state index in [2.05, 4.69) is 5.32 Å². The molecule has 3 unspecified atom stereocenters. The summed E-state index contributed by atoms with van der Waals surface area (Å²) in [5.74, 6) is 0.129. The molecule has 312 valence electrons. The van der Waals surface area contributed by atoms with Crippen molar-refractivity contribution in [1.29, 1.82) is 0 Å². The van der Waals surface area contributed by atoms with Crippen LogP contribution >= 0.6 is 71.9 Å². The molecule has 0 fully saturated rings. The number of ether oxygens (including phenoxy) is 5. The predicted molar refractivity (Wildman–Crippen MR) is 231 cm³/mol. The first-order valence-corrected chi connectivity index (χ1v) is 22.1. The van der Waals surface area contributed by atoms with Crippen LogP contribution in [0.1, 0.15) is 73.6 Å². The summed E-state index contributed by atoms with van der Waals surface area (Å²) in [6.07, 6.45) is 0.101. The summed E-state index contributed by atoms with van der Waals surface area (Å²) < 4.78 is 31.3. The van der Waals surface area contributed by atoms with Gasteiger partial charge in [0, 0.05) is 70.6 Å². The lowest BCUT2D eigenvalue weighted by Gasteiger charge is -2.24. The van der Waals surface area contributed by atoms with Crippen molar-refractivity contribution in [3.8, 4) is 0 Å². The molecular formula is C34H54N4O11S6. The zero-order valence-corrected chi connectivity index (χ0v) is 37.2. The third-order valence-corrected chi connectivity index (χ3v) is 10.8. The van der Waals surface area contributed by atoms with Gasteiger partial charge in [-0.05, 0) is 55.9 Å². The Morgan fingerprint density at radius 2 is 1.04 bits per heavy atom. The number of carbonyl (C=O) groups excluding carboxylic acids is 3. The number of thiocarbonyl (C=S) groups is 3. The highest BCUT2D eigenvalue weighted by atomic mass is 32.2. The van der Waals surface area contributed by atoms with Crippen LogP contribution in [0.2, 0.25) is 0 Å². The minimum absolute atomic E-state index is 0.0129. The van der Waals surface area contributed by atoms with Crippen molar-refractivity contribution in [1.82, 2.24) is 19.0 Å². The van der Waals surface area contributed by atoms with Crippen molar-refractivity contribution in [2.24, 2.45) is 0 Å². The maximum absolute atomic E-state index is 14.2. The van der Waals surface area contributed by atoms with Crippen LogP contribution in [0.5, 0.6) is 0 Å². The van der Waals surface area contributed by atoms with Crippen LogP contribution in [0.4, 0.5) is 0 Å². The lowest BCUT2D eigenvalue weighted by Crippen LogP contribution is -2.58. The van der Waals surface area contributed by atoms with Gasteiger partial charge < -0.3 is 29.0 Å². The third-order valence-electron chi connectivity index (χ3n) is 7.03. The Labute approximate surface area is 351 Å². The van der Waals surface area contributed by atoms with Gasteiger partial charge in [-0.25, -0.2) is 28.1 Å². The highest BCUT2D eigenvalue weighted by Crippen LogP contribution is 2.13. The number of thioether (sulfide) groups is 3. The molecule has 0 spiro atoms. The zero-order chi connectivity index (χ0) is 41.3. The molecular weight excluding hydrogens is 833 g/mol. The van der Waals surface area contributed by atoms with Gasteiger partial charge in [0.2, 0.25) is 0 Å². The van der Waals surface area contributed by atoms with Crippen LogP contribution in [-0.2, 0) is 57.7 Å². The number of rotatable bonds is 27. The molecule has 21 heteroatoms. The van der Waals surface area contributed by atoms with Crippen LogP contribution < -0.4 is 22.4 Å². The van der Waals surface area contributed by atoms with Gasteiger partial charge >= 0.3 is 17.1 Å². The number of hydrogen-bond acceptors (Lipinski definition) is 17. The first kappa shape index (κ1) is 50.9. The lowest BCUT2D eigenvalue weighted by atomic mass is 10.3. The number of hydrogen-bond donors (Lipinski definition) is 1. The largest absolute Gasteiger partial charge is 0.481 e. The number of carbonyl (C=O) groups is 3. The minimum atomic E-state index is -0.981. The van der Waals surface area contributed by atoms with Crippen molar-refractivity contribution in [2.45, 2.75) is 112 Å². The topological polar surface area (TPSA) is 175 Å². The molecule has 15 nitrogen and oxygen atoms in total. The van der Waals surface area contributed by atoms with Gasteiger partial charge in [-0.15, -0.1) is 0 Å². The minimum Gasteiger partial charge on any atom is -0.481 e. The molecule has 0 aliphatic rings. The predicted octanol–water partition coefficient (Wildman–Crippen LogP) is 3.74. The summed E-state index contributed by atoms with van der Waals surface area (Å²) in [6, 6.07) is 0. The molecule has 0 aliphatic carbocycles. The Bertz CT molecular complexity index is 1600. The highest BCUT2D eigenvalue weighted by Gasteiger charge is 2.26. The number of nitrogens with zero attached hydrogens (tertiary/aromatic N) is 3. The normalized spacial score (nSPS) is 12.7. The van der Waals surface area contributed by atoms with Gasteiger partial charge in [0.25, 0.3) is 5.17 Å². The van der Waals surface area contributed by atoms with E-state index in [0.29, 0.717) is 52.2 Å². The van der Waals surface area contributed by atoms with Crippen LogP contribution in [0.3, 0.4) is 0 Å². The van der Waals surface area contributed by atoms with E-state index in [1.54, 1.807) is 6.92 Å². The van der Waals surface area contributed by atoms with Gasteiger partial charge in [-0.1, -0.05) is 56.1 Å². The van der Waals surface area contributed by atoms with Gasteiger partial charge in [0.15, 0.2) is 25.4 Å². The molecule has 1 aromatic rings. The first-order chi connectivity index (χ1) is 26.1. The molecule has 1 heterocycles. The smallest absolute Gasteiger partial charge is 0.336 e. The molecule has 0 amide bonds. The van der Waals surface area contributed by atoms with E-state index >= 15 is 0 Å². The molecule has 1 N–H and O–H groups in total. The summed E-state index contributed by atoms with van der Waals surface area (Å²) in [7, 11) is 0. The Morgan fingerprint density at radius 3 is 1.44 bits per heavy atom. The SMILES string of the molecule is CCCNC(=S)OC(CSC(C)=O)Cn1c(=O)n(CC(CSC(C)=O)OC(=S)CC)c(=O)n(CC(CSC(C)=O)OC(=S)CCCOCCOCCC)c1=O. The Hall–Kier alpha value is -2.14. The first-order valence-electron chi connectivity index (χ1n) is 18.0. The second-order valence-electron chi connectivity index (χ2n) is 11.9. The standard InChI is InChI=1S/C34H54N4O11S6/c1-7-12-35-31(52)49-28(22-55-25(6)41)19-38-33(43)36(17-26(20-53-23(4)39)47-29(50)9-3)32(42)37(34(38)44)18-27(21-54-24(5)40)48-30(51)11-10-14-46-16-15-45-13-8-2/h26-28H,7-22H2,1-6H3,(H,35,52). The van der Waals surface area contributed by atoms with E-state index in [-0.39, 0.29) is 67.5 Å². The number of aromatic nitrogens is 3. The maximum atomic E-state index is 14.2. The van der Waals surface area contributed by atoms with E-state index in [9.17, 15) is 28.8 Å². The average Bonchev–Trinajstić information content (AvgIpc) is 3.13. The fourth-order valence-corrected chi connectivity index (χ4v) is 6.92. The van der Waals surface area contributed by atoms with Crippen molar-refractivity contribution in [2.75, 3.05) is 50.2 Å². The molecule has 55 heavy (non-hydrogen) atoms. The fourth-order valence-electron chi connectivity index (χ4n) is 4.48. The third kappa shape index (κ3) is 21.8. The molecule has 1 rings (SSSR count). The van der Waals surface area contributed by atoms with Gasteiger partial charge in [0.1, 0.15) is 18.3 Å². The molecule has 0 saturated heterocycles. The summed E-state index contributed by atoms with van der Waals surface area (Å²) in [6.45, 7) is 11.2. The van der Waals surface area contributed by atoms with Crippen molar-refractivity contribution in [3.05, 3.63) is 31.5 Å². The lowest BCUT2D eigenvalue weighted by molar-refractivity contribution is -0.109. The van der Waals surface area contributed by atoms with Crippen LogP contribution in [-0.4, -0.2) is 113 Å². The zero-order valence-electron chi connectivity index (χ0n) is 32.3. The Morgan fingerprint density at radius 1 is 0.618 bits per heavy atom. The Kier molecular flexibility index (Phi) is 26.9. The second-order valence-corrected chi connectivity index (χ2v) is 16.8. The van der Waals surface area contributed by atoms with E-state index in [1.165, 1.54) is 20.8 Å². The number of nitrogens with one attached hydrogen (secondary N) is 1. The van der Waals surface area contributed by atoms with Crippen LogP contribution in [0, 0.1) is 0 Å². The molecule has 1 aromatic heterocycles. The Balaban J connectivity index is 3.67. The van der Waals surface area contributed by atoms with Gasteiger partial charge in [-0.3, -0.25) is 14.4 Å². The van der Waals surface area contributed by atoms with Crippen molar-refractivity contribution in [3.63, 3.8) is 0 Å². The molecule has 0 saturated carbocycles. The molecule has 0 radical (unpaired) electrons. The quantitative estimate of drug-likeness (QED) is 0.0999. The maximum Gasteiger partial charge on any atom is 0.336 e. The van der Waals surface area contributed by atoms with Gasteiger partial charge in [-0.2, -0.15) is 0 Å². The average molecular weight is 887 g/mol. The van der Waals surface area contributed by atoms with E-state index in [0.717, 1.165) is 61.8 Å². The summed E-state index contributed by atoms with van der Waals surface area (Å²) >= 11 is 18.9. The molecule has 0 aromatic carbocycles. The summed E-state index contributed by atoms with van der Waals surface area (Å²) in [4.78, 5) is 78.2. The van der Waals surface area contributed by atoms with Crippen molar-refractivity contribution < 1.29 is 38.1 Å². The van der Waals surface area contributed by atoms with Crippen LogP contribution in [0.25, 0.3) is 0 Å². The van der Waals surface area contributed by atoms with E-state index in [1.807, 2.05) is 13.8 Å². The highest BCUT2D eigenvalue weighted by molar-refractivity contribution is 8.14.